The van der Waals surface area contributed by atoms with Crippen LogP contribution in [0.3, 0.4) is 0 Å². The van der Waals surface area contributed by atoms with E-state index in [1.807, 2.05) is 6.92 Å². The molecule has 0 unspecified atom stereocenters. The summed E-state index contributed by atoms with van der Waals surface area (Å²) in [5.74, 6) is -1.92. The number of halogens is 3. The Morgan fingerprint density at radius 1 is 1.37 bits per heavy atom. The molecule has 3 nitrogen and oxygen atoms in total. The Morgan fingerprint density at radius 2 is 2.00 bits per heavy atom. The van der Waals surface area contributed by atoms with E-state index in [0.717, 1.165) is 25.3 Å². The molecule has 19 heavy (non-hydrogen) atoms. The van der Waals surface area contributed by atoms with Crippen LogP contribution >= 0.6 is 15.9 Å². The first-order valence-corrected chi connectivity index (χ1v) is 8.15. The molecule has 1 aromatic rings. The summed E-state index contributed by atoms with van der Waals surface area (Å²) in [7, 11) is -3.99. The van der Waals surface area contributed by atoms with E-state index >= 15 is 0 Å². The van der Waals surface area contributed by atoms with Gasteiger partial charge in [0, 0.05) is 17.1 Å². The Kier molecular flexibility index (Phi) is 3.99. The van der Waals surface area contributed by atoms with E-state index in [-0.39, 0.29) is 16.4 Å². The molecule has 7 heteroatoms. The van der Waals surface area contributed by atoms with Crippen LogP contribution in [0.15, 0.2) is 21.5 Å². The summed E-state index contributed by atoms with van der Waals surface area (Å²) in [6.45, 7) is 2.24. The molecule has 0 heterocycles. The molecule has 2 rings (SSSR count). The van der Waals surface area contributed by atoms with Crippen molar-refractivity contribution in [2.45, 2.75) is 31.1 Å². The number of benzene rings is 1. The van der Waals surface area contributed by atoms with Crippen LogP contribution in [-0.4, -0.2) is 15.0 Å². The highest BCUT2D eigenvalue weighted by Gasteiger charge is 2.34. The van der Waals surface area contributed by atoms with Crippen LogP contribution in [0.4, 0.5) is 8.78 Å². The molecule has 0 aromatic heterocycles. The van der Waals surface area contributed by atoms with Gasteiger partial charge < -0.3 is 0 Å². The molecule has 106 valence electrons. The number of hydrogen-bond acceptors (Lipinski definition) is 2. The lowest BCUT2D eigenvalue weighted by Gasteiger charge is -2.38. The minimum atomic E-state index is -3.99. The quantitative estimate of drug-likeness (QED) is 0.903. The average Bonchev–Trinajstić information content (AvgIpc) is 2.22. The molecular formula is C12H14BrF2NO2S. The topological polar surface area (TPSA) is 46.2 Å². The predicted octanol–water partition coefficient (Wildman–Crippen LogP) is 3.20. The molecular weight excluding hydrogens is 340 g/mol. The Hall–Kier alpha value is -0.530. The maximum atomic E-state index is 13.6. The third-order valence-corrected chi connectivity index (χ3v) is 5.85. The highest BCUT2D eigenvalue weighted by molar-refractivity contribution is 9.10. The molecule has 0 saturated heterocycles. The van der Waals surface area contributed by atoms with Crippen molar-refractivity contribution in [2.24, 2.45) is 5.41 Å². The fourth-order valence-electron chi connectivity index (χ4n) is 2.08. The molecule has 0 spiro atoms. The number of sulfonamides is 1. The van der Waals surface area contributed by atoms with E-state index in [0.29, 0.717) is 6.07 Å². The third-order valence-electron chi connectivity index (χ3n) is 3.48. The summed E-state index contributed by atoms with van der Waals surface area (Å²) in [6, 6.07) is 1.49. The van der Waals surface area contributed by atoms with Crippen LogP contribution < -0.4 is 4.72 Å². The summed E-state index contributed by atoms with van der Waals surface area (Å²) in [6.07, 6.45) is 2.97. The zero-order valence-electron chi connectivity index (χ0n) is 10.3. The first-order chi connectivity index (χ1) is 8.73. The van der Waals surface area contributed by atoms with Crippen LogP contribution in [0, 0.1) is 17.0 Å². The third kappa shape index (κ3) is 3.14. The molecule has 0 amide bonds. The Morgan fingerprint density at radius 3 is 2.47 bits per heavy atom. The lowest BCUT2D eigenvalue weighted by atomic mass is 9.71. The molecule has 1 aliphatic rings. The zero-order valence-corrected chi connectivity index (χ0v) is 12.7. The van der Waals surface area contributed by atoms with Gasteiger partial charge >= 0.3 is 0 Å². The van der Waals surface area contributed by atoms with Crippen molar-refractivity contribution in [3.63, 3.8) is 0 Å². The van der Waals surface area contributed by atoms with E-state index in [1.54, 1.807) is 0 Å². The second kappa shape index (κ2) is 5.10. The maximum Gasteiger partial charge on any atom is 0.244 e. The molecule has 0 aliphatic heterocycles. The predicted molar refractivity (Wildman–Crippen MR) is 71.2 cm³/mol. The van der Waals surface area contributed by atoms with E-state index in [9.17, 15) is 17.2 Å². The van der Waals surface area contributed by atoms with Crippen LogP contribution in [-0.2, 0) is 10.0 Å². The lowest BCUT2D eigenvalue weighted by Crippen LogP contribution is -2.40. The van der Waals surface area contributed by atoms with Crippen LogP contribution in [0.1, 0.15) is 26.2 Å². The zero-order chi connectivity index (χ0) is 14.3. The summed E-state index contributed by atoms with van der Waals surface area (Å²) in [5, 5.41) is 0. The first-order valence-electron chi connectivity index (χ1n) is 5.88. The van der Waals surface area contributed by atoms with E-state index in [1.165, 1.54) is 0 Å². The van der Waals surface area contributed by atoms with Gasteiger partial charge in [-0.25, -0.2) is 21.9 Å². The van der Waals surface area contributed by atoms with Gasteiger partial charge in [-0.3, -0.25) is 0 Å². The van der Waals surface area contributed by atoms with Crippen molar-refractivity contribution in [1.29, 1.82) is 0 Å². The average molecular weight is 354 g/mol. The molecule has 0 atom stereocenters. The summed E-state index contributed by atoms with van der Waals surface area (Å²) in [4.78, 5) is -0.545. The lowest BCUT2D eigenvalue weighted by molar-refractivity contribution is 0.166. The van der Waals surface area contributed by atoms with Gasteiger partial charge in [-0.2, -0.15) is 0 Å². The molecule has 1 aliphatic carbocycles. The van der Waals surface area contributed by atoms with Gasteiger partial charge in [0.25, 0.3) is 0 Å². The minimum absolute atomic E-state index is 0.0595. The van der Waals surface area contributed by atoms with Gasteiger partial charge in [-0.15, -0.1) is 0 Å². The monoisotopic (exact) mass is 353 g/mol. The maximum absolute atomic E-state index is 13.6. The van der Waals surface area contributed by atoms with Crippen LogP contribution in [0.25, 0.3) is 0 Å². The Balaban J connectivity index is 2.24. The van der Waals surface area contributed by atoms with Gasteiger partial charge in [-0.05, 0) is 40.3 Å². The Bertz CT molecular complexity index is 577. The molecule has 0 bridgehead atoms. The van der Waals surface area contributed by atoms with Crippen LogP contribution in [0.5, 0.6) is 0 Å². The van der Waals surface area contributed by atoms with Crippen molar-refractivity contribution in [3.8, 4) is 0 Å². The van der Waals surface area contributed by atoms with Crippen molar-refractivity contribution in [2.75, 3.05) is 6.54 Å². The standard InChI is InChI=1S/C12H14BrF2NO2S/c1-12(3-2-4-12)7-16-19(17,18)11-9(13)5-8(14)6-10(11)15/h5-6,16H,2-4,7H2,1H3. The minimum Gasteiger partial charge on any atom is -0.210 e. The molecule has 1 fully saturated rings. The summed E-state index contributed by atoms with van der Waals surface area (Å²) >= 11 is 2.89. The number of hydrogen-bond donors (Lipinski definition) is 1. The normalized spacial score (nSPS) is 18.1. The van der Waals surface area contributed by atoms with Crippen LogP contribution in [0.2, 0.25) is 0 Å². The summed E-state index contributed by atoms with van der Waals surface area (Å²) < 4.78 is 53.0. The van der Waals surface area contributed by atoms with Gasteiger partial charge in [0.2, 0.25) is 10.0 Å². The first kappa shape index (κ1) is 14.9. The van der Waals surface area contributed by atoms with Crippen molar-refractivity contribution >= 4 is 26.0 Å². The fraction of sp³-hybridized carbons (Fsp3) is 0.500. The fourth-order valence-corrected chi connectivity index (χ4v) is 4.45. The second-order valence-electron chi connectivity index (χ2n) is 5.19. The second-order valence-corrected chi connectivity index (χ2v) is 7.75. The van der Waals surface area contributed by atoms with Crippen molar-refractivity contribution in [1.82, 2.24) is 4.72 Å². The molecule has 1 N–H and O–H groups in total. The van der Waals surface area contributed by atoms with E-state index in [4.69, 9.17) is 0 Å². The van der Waals surface area contributed by atoms with Gasteiger partial charge in [0.05, 0.1) is 0 Å². The number of rotatable bonds is 4. The molecule has 1 saturated carbocycles. The van der Waals surface area contributed by atoms with Gasteiger partial charge in [-0.1, -0.05) is 13.3 Å². The van der Waals surface area contributed by atoms with E-state index in [2.05, 4.69) is 20.7 Å². The van der Waals surface area contributed by atoms with Gasteiger partial charge in [0.15, 0.2) is 0 Å². The number of nitrogens with one attached hydrogen (secondary N) is 1. The Labute approximate surface area is 119 Å². The molecule has 0 radical (unpaired) electrons. The largest absolute Gasteiger partial charge is 0.244 e. The van der Waals surface area contributed by atoms with E-state index < -0.39 is 26.6 Å². The molecule has 1 aromatic carbocycles. The smallest absolute Gasteiger partial charge is 0.210 e. The van der Waals surface area contributed by atoms with Crippen molar-refractivity contribution < 1.29 is 17.2 Å². The summed E-state index contributed by atoms with van der Waals surface area (Å²) in [5.41, 5.74) is -0.0595. The highest BCUT2D eigenvalue weighted by atomic mass is 79.9. The SMILES string of the molecule is CC1(CNS(=O)(=O)c2c(F)cc(F)cc2Br)CCC1. The van der Waals surface area contributed by atoms with Gasteiger partial charge in [0.1, 0.15) is 16.5 Å². The highest BCUT2D eigenvalue weighted by Crippen LogP contribution is 2.39. The van der Waals surface area contributed by atoms with Crippen molar-refractivity contribution in [3.05, 3.63) is 28.2 Å².